The highest BCUT2D eigenvalue weighted by atomic mass is 16.3. The van der Waals surface area contributed by atoms with Gasteiger partial charge in [0.2, 0.25) is 0 Å². The Bertz CT molecular complexity index is 370. The lowest BCUT2D eigenvalue weighted by atomic mass is 9.74. The fraction of sp³-hybridized carbons (Fsp3) is 0.714. The van der Waals surface area contributed by atoms with Crippen LogP contribution >= 0.6 is 0 Å². The summed E-state index contributed by atoms with van der Waals surface area (Å²) < 4.78 is 5.57. The fourth-order valence-electron chi connectivity index (χ4n) is 2.74. The van der Waals surface area contributed by atoms with Crippen LogP contribution in [0.2, 0.25) is 0 Å². The normalized spacial score (nSPS) is 24.4. The van der Waals surface area contributed by atoms with Crippen LogP contribution in [0.4, 0.5) is 0 Å². The van der Waals surface area contributed by atoms with Crippen molar-refractivity contribution in [2.24, 2.45) is 5.41 Å². The molecule has 96 valence electrons. The average molecular weight is 237 g/mol. The van der Waals surface area contributed by atoms with E-state index in [1.54, 1.807) is 6.26 Å². The molecule has 0 radical (unpaired) electrons. The maximum Gasteiger partial charge on any atom is 0.109 e. The topological polar surface area (TPSA) is 45.4 Å². The van der Waals surface area contributed by atoms with Crippen molar-refractivity contribution in [2.45, 2.75) is 52.1 Å². The van der Waals surface area contributed by atoms with Crippen molar-refractivity contribution >= 4 is 0 Å². The maximum absolute atomic E-state index is 8.97. The first-order chi connectivity index (χ1) is 8.02. The van der Waals surface area contributed by atoms with E-state index < -0.39 is 0 Å². The largest absolute Gasteiger partial charge is 0.469 e. The minimum atomic E-state index is 0.239. The Hall–Kier alpha value is -0.800. The molecule has 2 N–H and O–H groups in total. The van der Waals surface area contributed by atoms with E-state index in [-0.39, 0.29) is 12.0 Å². The molecule has 1 heterocycles. The van der Waals surface area contributed by atoms with Gasteiger partial charge in [0.1, 0.15) is 5.76 Å². The molecule has 0 saturated heterocycles. The molecule has 0 saturated carbocycles. The third-order valence-electron chi connectivity index (χ3n) is 3.60. The number of nitrogens with one attached hydrogen (secondary N) is 1. The monoisotopic (exact) mass is 237 g/mol. The Kier molecular flexibility index (Phi) is 3.59. The van der Waals surface area contributed by atoms with E-state index >= 15 is 0 Å². The van der Waals surface area contributed by atoms with Crippen molar-refractivity contribution in [3.8, 4) is 0 Å². The van der Waals surface area contributed by atoms with Gasteiger partial charge in [-0.1, -0.05) is 13.8 Å². The number of fused-ring (bicyclic) bond motifs is 1. The lowest BCUT2D eigenvalue weighted by Gasteiger charge is -2.36. The molecule has 1 aliphatic rings. The molecular weight excluding hydrogens is 214 g/mol. The van der Waals surface area contributed by atoms with Gasteiger partial charge in [-0.3, -0.25) is 0 Å². The molecule has 0 aromatic carbocycles. The number of aliphatic hydroxyl groups is 1. The van der Waals surface area contributed by atoms with E-state index in [1.165, 1.54) is 5.56 Å². The van der Waals surface area contributed by atoms with Gasteiger partial charge in [0.05, 0.1) is 6.26 Å². The Morgan fingerprint density at radius 2 is 2.35 bits per heavy atom. The Balaban J connectivity index is 2.12. The fourth-order valence-corrected chi connectivity index (χ4v) is 2.74. The number of rotatable bonds is 4. The zero-order chi connectivity index (χ0) is 12.5. The van der Waals surface area contributed by atoms with Crippen LogP contribution in [0.3, 0.4) is 0 Å². The predicted octanol–water partition coefficient (Wildman–Crippen LogP) is 2.65. The van der Waals surface area contributed by atoms with Crippen LogP contribution in [0, 0.1) is 5.41 Å². The first kappa shape index (κ1) is 12.7. The van der Waals surface area contributed by atoms with Gasteiger partial charge in [0.25, 0.3) is 0 Å². The summed E-state index contributed by atoms with van der Waals surface area (Å²) in [5.74, 6) is 1.12. The molecule has 17 heavy (non-hydrogen) atoms. The molecular formula is C14H23NO2. The summed E-state index contributed by atoms with van der Waals surface area (Å²) in [7, 11) is 0. The van der Waals surface area contributed by atoms with E-state index in [0.29, 0.717) is 12.1 Å². The molecule has 0 fully saturated rings. The van der Waals surface area contributed by atoms with Crippen LogP contribution in [-0.2, 0) is 6.42 Å². The highest BCUT2D eigenvalue weighted by Gasteiger charge is 2.34. The Morgan fingerprint density at radius 3 is 3.06 bits per heavy atom. The van der Waals surface area contributed by atoms with Gasteiger partial charge in [0, 0.05) is 30.7 Å². The van der Waals surface area contributed by atoms with Crippen molar-refractivity contribution < 1.29 is 9.52 Å². The summed E-state index contributed by atoms with van der Waals surface area (Å²) in [5.41, 5.74) is 1.58. The third-order valence-corrected chi connectivity index (χ3v) is 3.60. The molecule has 1 aliphatic carbocycles. The van der Waals surface area contributed by atoms with Crippen LogP contribution in [0.5, 0.6) is 0 Å². The smallest absolute Gasteiger partial charge is 0.109 e. The van der Waals surface area contributed by atoms with Gasteiger partial charge >= 0.3 is 0 Å². The number of furan rings is 1. The van der Waals surface area contributed by atoms with Gasteiger partial charge in [-0.15, -0.1) is 0 Å². The summed E-state index contributed by atoms with van der Waals surface area (Å²) in [6.07, 6.45) is 4.72. The third kappa shape index (κ3) is 2.90. The lowest BCUT2D eigenvalue weighted by Crippen LogP contribution is -2.37. The quantitative estimate of drug-likeness (QED) is 0.846. The molecule has 1 aromatic heterocycles. The second-order valence-electron chi connectivity index (χ2n) is 5.98. The summed E-state index contributed by atoms with van der Waals surface area (Å²) in [6.45, 7) is 6.92. The summed E-state index contributed by atoms with van der Waals surface area (Å²) in [5, 5.41) is 12.6. The van der Waals surface area contributed by atoms with Gasteiger partial charge in [-0.05, 0) is 31.2 Å². The first-order valence-corrected chi connectivity index (χ1v) is 6.45. The molecule has 0 bridgehead atoms. The standard InChI is InChI=1S/C14H23NO2/c1-10(4-6-16)15-12-8-14(2,3)9-13-11(12)5-7-17-13/h5,7,10,12,15-16H,4,6,8-9H2,1-3H3. The van der Waals surface area contributed by atoms with E-state index in [9.17, 15) is 0 Å². The Labute approximate surface area is 103 Å². The van der Waals surface area contributed by atoms with E-state index in [1.807, 2.05) is 0 Å². The van der Waals surface area contributed by atoms with Crippen molar-refractivity contribution in [3.05, 3.63) is 23.7 Å². The molecule has 2 unspecified atom stereocenters. The molecule has 0 spiro atoms. The van der Waals surface area contributed by atoms with E-state index in [2.05, 4.69) is 32.2 Å². The molecule has 2 atom stereocenters. The lowest BCUT2D eigenvalue weighted by molar-refractivity contribution is 0.213. The zero-order valence-electron chi connectivity index (χ0n) is 11.0. The molecule has 2 rings (SSSR count). The van der Waals surface area contributed by atoms with Crippen molar-refractivity contribution in [1.29, 1.82) is 0 Å². The van der Waals surface area contributed by atoms with Gasteiger partial charge in [0.15, 0.2) is 0 Å². The van der Waals surface area contributed by atoms with Gasteiger partial charge < -0.3 is 14.8 Å². The first-order valence-electron chi connectivity index (χ1n) is 6.45. The Morgan fingerprint density at radius 1 is 1.59 bits per heavy atom. The highest BCUT2D eigenvalue weighted by molar-refractivity contribution is 5.26. The predicted molar refractivity (Wildman–Crippen MR) is 67.9 cm³/mol. The van der Waals surface area contributed by atoms with E-state index in [0.717, 1.165) is 25.0 Å². The van der Waals surface area contributed by atoms with Crippen LogP contribution in [0.15, 0.2) is 16.7 Å². The highest BCUT2D eigenvalue weighted by Crippen LogP contribution is 2.41. The number of aliphatic hydroxyl groups excluding tert-OH is 1. The van der Waals surface area contributed by atoms with Crippen molar-refractivity contribution in [3.63, 3.8) is 0 Å². The van der Waals surface area contributed by atoms with Crippen molar-refractivity contribution in [1.82, 2.24) is 5.32 Å². The second-order valence-corrected chi connectivity index (χ2v) is 5.98. The summed E-state index contributed by atoms with van der Waals surface area (Å²) >= 11 is 0. The maximum atomic E-state index is 8.97. The summed E-state index contributed by atoms with van der Waals surface area (Å²) in [4.78, 5) is 0. The molecule has 1 aromatic rings. The summed E-state index contributed by atoms with van der Waals surface area (Å²) in [6, 6.07) is 2.77. The van der Waals surface area contributed by atoms with Gasteiger partial charge in [-0.25, -0.2) is 0 Å². The second kappa shape index (κ2) is 4.83. The SMILES string of the molecule is CC(CCO)NC1CC(C)(C)Cc2occc21. The minimum Gasteiger partial charge on any atom is -0.469 e. The van der Waals surface area contributed by atoms with Crippen molar-refractivity contribution in [2.75, 3.05) is 6.61 Å². The van der Waals surface area contributed by atoms with Crippen LogP contribution in [0.25, 0.3) is 0 Å². The number of hydrogen-bond donors (Lipinski definition) is 2. The molecule has 0 aliphatic heterocycles. The molecule has 0 amide bonds. The van der Waals surface area contributed by atoms with Crippen LogP contribution in [-0.4, -0.2) is 17.8 Å². The van der Waals surface area contributed by atoms with Gasteiger partial charge in [-0.2, -0.15) is 0 Å². The van der Waals surface area contributed by atoms with E-state index in [4.69, 9.17) is 9.52 Å². The number of hydrogen-bond acceptors (Lipinski definition) is 3. The average Bonchev–Trinajstić information content (AvgIpc) is 2.63. The zero-order valence-corrected chi connectivity index (χ0v) is 11.0. The molecule has 3 nitrogen and oxygen atoms in total. The molecule has 3 heteroatoms. The van der Waals surface area contributed by atoms with Crippen LogP contribution < -0.4 is 5.32 Å². The minimum absolute atomic E-state index is 0.239. The van der Waals surface area contributed by atoms with Crippen LogP contribution in [0.1, 0.15) is 51.0 Å².